The van der Waals surface area contributed by atoms with E-state index in [0.717, 1.165) is 25.1 Å². The van der Waals surface area contributed by atoms with Gasteiger partial charge < -0.3 is 15.4 Å². The molecule has 2 unspecified atom stereocenters. The molecule has 1 heterocycles. The fourth-order valence-corrected chi connectivity index (χ4v) is 2.23. The van der Waals surface area contributed by atoms with E-state index < -0.39 is 0 Å². The Bertz CT molecular complexity index is 422. The van der Waals surface area contributed by atoms with E-state index in [1.54, 1.807) is 19.2 Å². The molecule has 0 aliphatic carbocycles. The van der Waals surface area contributed by atoms with Crippen LogP contribution in [-0.4, -0.2) is 32.7 Å². The molecule has 0 radical (unpaired) electrons. The zero-order chi connectivity index (χ0) is 13.7. The lowest BCUT2D eigenvalue weighted by Crippen LogP contribution is -2.35. The van der Waals surface area contributed by atoms with Gasteiger partial charge in [-0.1, -0.05) is 12.1 Å². The zero-order valence-corrected chi connectivity index (χ0v) is 12.2. The first-order chi connectivity index (χ1) is 9.20. The minimum absolute atomic E-state index is 0. The van der Waals surface area contributed by atoms with Crippen molar-refractivity contribution in [3.8, 4) is 0 Å². The predicted octanol–water partition coefficient (Wildman–Crippen LogP) is 1.66. The van der Waals surface area contributed by atoms with Gasteiger partial charge in [-0.2, -0.15) is 0 Å². The number of benzene rings is 1. The molecule has 0 spiro atoms. The number of ether oxygens (including phenoxy) is 1. The SMILES string of the molecule is COC(CNC(=O)C1CCNC1)c1ccc(F)cc1.Cl. The lowest BCUT2D eigenvalue weighted by molar-refractivity contribution is -0.125. The van der Waals surface area contributed by atoms with Gasteiger partial charge in [0.1, 0.15) is 5.82 Å². The number of carbonyl (C=O) groups is 1. The first kappa shape index (κ1) is 16.9. The maximum atomic E-state index is 12.9. The summed E-state index contributed by atoms with van der Waals surface area (Å²) in [6.07, 6.45) is 0.624. The molecule has 1 aromatic rings. The van der Waals surface area contributed by atoms with E-state index in [-0.39, 0.29) is 36.2 Å². The zero-order valence-electron chi connectivity index (χ0n) is 11.4. The molecule has 1 saturated heterocycles. The molecule has 2 rings (SSSR count). The highest BCUT2D eigenvalue weighted by Crippen LogP contribution is 2.16. The van der Waals surface area contributed by atoms with E-state index in [9.17, 15) is 9.18 Å². The molecule has 1 aromatic carbocycles. The van der Waals surface area contributed by atoms with Crippen LogP contribution in [-0.2, 0) is 9.53 Å². The third-order valence-electron chi connectivity index (χ3n) is 3.42. The molecular weight excluding hydrogens is 283 g/mol. The first-order valence-electron chi connectivity index (χ1n) is 6.47. The van der Waals surface area contributed by atoms with Gasteiger partial charge in [-0.15, -0.1) is 12.4 Å². The lowest BCUT2D eigenvalue weighted by atomic mass is 10.1. The van der Waals surface area contributed by atoms with Gasteiger partial charge in [0.25, 0.3) is 0 Å². The number of amides is 1. The highest BCUT2D eigenvalue weighted by atomic mass is 35.5. The Kier molecular flexibility index (Phi) is 6.91. The monoisotopic (exact) mass is 302 g/mol. The summed E-state index contributed by atoms with van der Waals surface area (Å²) in [5.41, 5.74) is 0.855. The van der Waals surface area contributed by atoms with E-state index >= 15 is 0 Å². The van der Waals surface area contributed by atoms with Crippen LogP contribution in [0.2, 0.25) is 0 Å². The summed E-state index contributed by atoms with van der Waals surface area (Å²) in [5.74, 6) is -0.181. The fraction of sp³-hybridized carbons (Fsp3) is 0.500. The smallest absolute Gasteiger partial charge is 0.224 e. The Balaban J connectivity index is 0.00000200. The number of halogens is 2. The largest absolute Gasteiger partial charge is 0.375 e. The van der Waals surface area contributed by atoms with Crippen LogP contribution in [0.3, 0.4) is 0 Å². The van der Waals surface area contributed by atoms with Crippen LogP contribution in [0.4, 0.5) is 4.39 Å². The van der Waals surface area contributed by atoms with E-state index in [4.69, 9.17) is 4.74 Å². The van der Waals surface area contributed by atoms with Crippen molar-refractivity contribution in [2.45, 2.75) is 12.5 Å². The molecular formula is C14H20ClFN2O2. The van der Waals surface area contributed by atoms with Crippen LogP contribution < -0.4 is 10.6 Å². The predicted molar refractivity (Wildman–Crippen MR) is 77.4 cm³/mol. The van der Waals surface area contributed by atoms with Gasteiger partial charge in [-0.25, -0.2) is 4.39 Å². The second kappa shape index (κ2) is 8.19. The van der Waals surface area contributed by atoms with Crippen molar-refractivity contribution in [3.05, 3.63) is 35.6 Å². The summed E-state index contributed by atoms with van der Waals surface area (Å²) < 4.78 is 18.2. The number of methoxy groups -OCH3 is 1. The van der Waals surface area contributed by atoms with Crippen molar-refractivity contribution in [2.24, 2.45) is 5.92 Å². The number of hydrogen-bond acceptors (Lipinski definition) is 3. The third kappa shape index (κ3) is 4.44. The van der Waals surface area contributed by atoms with Gasteiger partial charge >= 0.3 is 0 Å². The Labute approximate surface area is 124 Å². The molecule has 0 saturated carbocycles. The molecule has 6 heteroatoms. The molecule has 20 heavy (non-hydrogen) atoms. The molecule has 2 atom stereocenters. The van der Waals surface area contributed by atoms with Crippen molar-refractivity contribution < 1.29 is 13.9 Å². The van der Waals surface area contributed by atoms with Crippen LogP contribution in [0.1, 0.15) is 18.1 Å². The molecule has 4 nitrogen and oxygen atoms in total. The fourth-order valence-electron chi connectivity index (χ4n) is 2.23. The standard InChI is InChI=1S/C14H19FN2O2.ClH/c1-19-13(10-2-4-12(15)5-3-10)9-17-14(18)11-6-7-16-8-11;/h2-5,11,13,16H,6-9H2,1H3,(H,17,18);1H. The number of nitrogens with one attached hydrogen (secondary N) is 2. The Morgan fingerprint density at radius 2 is 2.20 bits per heavy atom. The number of rotatable bonds is 5. The van der Waals surface area contributed by atoms with E-state index in [2.05, 4.69) is 10.6 Å². The molecule has 2 N–H and O–H groups in total. The molecule has 1 fully saturated rings. The van der Waals surface area contributed by atoms with Crippen LogP contribution in [0.25, 0.3) is 0 Å². The van der Waals surface area contributed by atoms with Crippen molar-refractivity contribution in [1.29, 1.82) is 0 Å². The summed E-state index contributed by atoms with van der Waals surface area (Å²) in [4.78, 5) is 11.9. The second-order valence-corrected chi connectivity index (χ2v) is 4.71. The second-order valence-electron chi connectivity index (χ2n) is 4.71. The van der Waals surface area contributed by atoms with Gasteiger partial charge in [-0.05, 0) is 30.7 Å². The summed E-state index contributed by atoms with van der Waals surface area (Å²) in [6.45, 7) is 2.03. The first-order valence-corrected chi connectivity index (χ1v) is 6.47. The van der Waals surface area contributed by atoms with Crippen LogP contribution in [0.15, 0.2) is 24.3 Å². The van der Waals surface area contributed by atoms with E-state index in [1.165, 1.54) is 12.1 Å². The average Bonchev–Trinajstić information content (AvgIpc) is 2.95. The maximum absolute atomic E-state index is 12.9. The van der Waals surface area contributed by atoms with Crippen LogP contribution >= 0.6 is 12.4 Å². The highest BCUT2D eigenvalue weighted by Gasteiger charge is 2.23. The summed E-state index contributed by atoms with van der Waals surface area (Å²) >= 11 is 0. The Morgan fingerprint density at radius 1 is 1.50 bits per heavy atom. The normalized spacial score (nSPS) is 19.2. The molecule has 0 bridgehead atoms. The molecule has 1 aliphatic heterocycles. The number of hydrogen-bond donors (Lipinski definition) is 2. The maximum Gasteiger partial charge on any atom is 0.224 e. The molecule has 1 amide bonds. The lowest BCUT2D eigenvalue weighted by Gasteiger charge is -2.18. The van der Waals surface area contributed by atoms with Crippen molar-refractivity contribution >= 4 is 18.3 Å². The highest BCUT2D eigenvalue weighted by molar-refractivity contribution is 5.85. The topological polar surface area (TPSA) is 50.4 Å². The van der Waals surface area contributed by atoms with E-state index in [1.807, 2.05) is 0 Å². The van der Waals surface area contributed by atoms with Crippen LogP contribution in [0.5, 0.6) is 0 Å². The summed E-state index contributed by atoms with van der Waals surface area (Å²) in [6, 6.07) is 6.13. The van der Waals surface area contributed by atoms with Gasteiger partial charge in [0, 0.05) is 20.2 Å². The summed E-state index contributed by atoms with van der Waals surface area (Å²) in [5, 5.41) is 6.05. The number of carbonyl (C=O) groups excluding carboxylic acids is 1. The van der Waals surface area contributed by atoms with Gasteiger partial charge in [0.05, 0.1) is 12.0 Å². The van der Waals surface area contributed by atoms with Crippen molar-refractivity contribution in [1.82, 2.24) is 10.6 Å². The minimum atomic E-state index is -0.278. The molecule has 0 aromatic heterocycles. The Hall–Kier alpha value is -1.17. The Morgan fingerprint density at radius 3 is 2.75 bits per heavy atom. The minimum Gasteiger partial charge on any atom is -0.375 e. The van der Waals surface area contributed by atoms with Gasteiger partial charge in [-0.3, -0.25) is 4.79 Å². The summed E-state index contributed by atoms with van der Waals surface area (Å²) in [7, 11) is 1.58. The third-order valence-corrected chi connectivity index (χ3v) is 3.42. The average molecular weight is 303 g/mol. The van der Waals surface area contributed by atoms with Gasteiger partial charge in [0.15, 0.2) is 0 Å². The van der Waals surface area contributed by atoms with Crippen molar-refractivity contribution in [3.63, 3.8) is 0 Å². The molecule has 112 valence electrons. The van der Waals surface area contributed by atoms with Gasteiger partial charge in [0.2, 0.25) is 5.91 Å². The van der Waals surface area contributed by atoms with E-state index in [0.29, 0.717) is 6.54 Å². The van der Waals surface area contributed by atoms with Crippen LogP contribution in [0, 0.1) is 11.7 Å². The molecule has 1 aliphatic rings. The van der Waals surface area contributed by atoms with Crippen molar-refractivity contribution in [2.75, 3.05) is 26.7 Å². The quantitative estimate of drug-likeness (QED) is 0.870.